The van der Waals surface area contributed by atoms with Crippen LogP contribution < -0.4 is 9.47 Å². The van der Waals surface area contributed by atoms with Crippen molar-refractivity contribution >= 4 is 39.2 Å². The quantitative estimate of drug-likeness (QED) is 0.296. The minimum absolute atomic E-state index is 0.271. The van der Waals surface area contributed by atoms with Crippen LogP contribution in [0.15, 0.2) is 88.2 Å². The van der Waals surface area contributed by atoms with Crippen molar-refractivity contribution in [3.05, 3.63) is 94.5 Å². The second kappa shape index (κ2) is 11.3. The maximum Gasteiger partial charge on any atom is 0.573 e. The number of para-hydroxylation sites is 1. The lowest BCUT2D eigenvalue weighted by atomic mass is 9.97. The first-order chi connectivity index (χ1) is 15.7. The van der Waals surface area contributed by atoms with Gasteiger partial charge in [0.2, 0.25) is 0 Å². The van der Waals surface area contributed by atoms with Gasteiger partial charge < -0.3 is 14.6 Å². The highest BCUT2D eigenvalue weighted by Crippen LogP contribution is 2.35. The van der Waals surface area contributed by atoms with Gasteiger partial charge in [-0.15, -0.1) is 24.9 Å². The van der Waals surface area contributed by atoms with E-state index in [9.17, 15) is 18.0 Å². The van der Waals surface area contributed by atoms with Gasteiger partial charge in [-0.25, -0.2) is 4.79 Å². The summed E-state index contributed by atoms with van der Waals surface area (Å²) in [6.07, 6.45) is -2.95. The Morgan fingerprint density at radius 2 is 1.70 bits per heavy atom. The monoisotopic (exact) mass is 538 g/mol. The topological polar surface area (TPSA) is 55.8 Å². The molecular weight excluding hydrogens is 521 g/mol. The van der Waals surface area contributed by atoms with Crippen molar-refractivity contribution < 1.29 is 32.5 Å². The number of benzene rings is 3. The molecule has 9 heteroatoms. The largest absolute Gasteiger partial charge is 0.573 e. The Bertz CT molecular complexity index is 1130. The van der Waals surface area contributed by atoms with E-state index in [0.29, 0.717) is 27.1 Å². The van der Waals surface area contributed by atoms with Gasteiger partial charge in [-0.1, -0.05) is 54.6 Å². The molecule has 3 rings (SSSR count). The predicted molar refractivity (Wildman–Crippen MR) is 125 cm³/mol. The van der Waals surface area contributed by atoms with Gasteiger partial charge in [0.25, 0.3) is 0 Å². The van der Waals surface area contributed by atoms with Crippen LogP contribution in [0.4, 0.5) is 13.2 Å². The van der Waals surface area contributed by atoms with E-state index >= 15 is 0 Å². The third-order valence-corrected chi connectivity index (χ3v) is 5.82. The number of rotatable bonds is 9. The number of aliphatic carboxylic acids is 1. The van der Waals surface area contributed by atoms with E-state index in [0.717, 1.165) is 10.5 Å². The van der Waals surface area contributed by atoms with E-state index in [2.05, 4.69) is 20.7 Å². The van der Waals surface area contributed by atoms with Gasteiger partial charge in [0.1, 0.15) is 11.5 Å². The van der Waals surface area contributed by atoms with E-state index in [1.54, 1.807) is 30.3 Å². The number of carbonyl (C=O) groups is 1. The van der Waals surface area contributed by atoms with Crippen molar-refractivity contribution in [1.29, 1.82) is 0 Å². The Morgan fingerprint density at radius 3 is 2.36 bits per heavy atom. The summed E-state index contributed by atoms with van der Waals surface area (Å²) < 4.78 is 48.9. The molecule has 0 fully saturated rings. The highest BCUT2D eigenvalue weighted by Gasteiger charge is 2.32. The molecule has 3 aromatic rings. The molecule has 0 bridgehead atoms. The fourth-order valence-corrected chi connectivity index (χ4v) is 4.41. The number of ether oxygens (including phenoxy) is 2. The molecule has 0 saturated heterocycles. The molecule has 172 valence electrons. The Kier molecular flexibility index (Phi) is 8.46. The molecule has 0 saturated carbocycles. The Hall–Kier alpha value is -2.91. The molecule has 0 radical (unpaired) electrons. The highest BCUT2D eigenvalue weighted by atomic mass is 79.9. The fourth-order valence-electron chi connectivity index (χ4n) is 2.95. The van der Waals surface area contributed by atoms with Gasteiger partial charge in [-0.2, -0.15) is 0 Å². The summed E-state index contributed by atoms with van der Waals surface area (Å²) in [7, 11) is 0. The zero-order valence-electron chi connectivity index (χ0n) is 17.0. The van der Waals surface area contributed by atoms with E-state index < -0.39 is 18.9 Å². The van der Waals surface area contributed by atoms with E-state index in [1.807, 2.05) is 36.4 Å². The number of carboxylic acids is 1. The third kappa shape index (κ3) is 7.57. The van der Waals surface area contributed by atoms with Gasteiger partial charge in [0.05, 0.1) is 4.47 Å². The molecule has 0 aliphatic heterocycles. The maximum atomic E-state index is 12.9. The lowest BCUT2D eigenvalue weighted by Crippen LogP contribution is -2.18. The van der Waals surface area contributed by atoms with Gasteiger partial charge in [-0.05, 0) is 51.3 Å². The summed E-state index contributed by atoms with van der Waals surface area (Å²) in [6.45, 7) is -0.451. The number of hydrogen-bond acceptors (Lipinski definition) is 4. The SMILES string of the molecule is O=C(O)COc1ccc(SC/C=C(/c2ccccc2)c2ccccc2OC(F)(F)F)cc1Br. The number of halogens is 4. The van der Waals surface area contributed by atoms with Crippen molar-refractivity contribution in [3.8, 4) is 11.5 Å². The normalized spacial score (nSPS) is 11.8. The molecule has 0 aliphatic carbocycles. The molecule has 0 amide bonds. The molecule has 3 aromatic carbocycles. The Balaban J connectivity index is 1.85. The van der Waals surface area contributed by atoms with Crippen molar-refractivity contribution in [1.82, 2.24) is 0 Å². The molecule has 0 aromatic heterocycles. The first kappa shape index (κ1) is 24.7. The van der Waals surface area contributed by atoms with Gasteiger partial charge in [0.15, 0.2) is 6.61 Å². The van der Waals surface area contributed by atoms with Gasteiger partial charge in [0, 0.05) is 16.2 Å². The Labute approximate surface area is 201 Å². The van der Waals surface area contributed by atoms with Crippen LogP contribution in [0.2, 0.25) is 0 Å². The van der Waals surface area contributed by atoms with Crippen molar-refractivity contribution in [3.63, 3.8) is 0 Å². The third-order valence-electron chi connectivity index (χ3n) is 4.28. The summed E-state index contributed by atoms with van der Waals surface area (Å²) in [4.78, 5) is 11.5. The maximum absolute atomic E-state index is 12.9. The average molecular weight is 539 g/mol. The summed E-state index contributed by atoms with van der Waals surface area (Å²) in [5.41, 5.74) is 1.71. The molecule has 0 atom stereocenters. The van der Waals surface area contributed by atoms with Crippen molar-refractivity contribution in [2.24, 2.45) is 0 Å². The standard InChI is InChI=1S/C24H18BrF3O4S/c25-20-14-17(10-11-22(20)31-15-23(29)30)33-13-12-18(16-6-2-1-3-7-16)19-8-4-5-9-21(19)32-24(26,27)28/h1-12,14H,13,15H2,(H,29,30)/b18-12-. The summed E-state index contributed by atoms with van der Waals surface area (Å²) in [5.74, 6) is -0.478. The molecule has 0 spiro atoms. The number of hydrogen-bond donors (Lipinski definition) is 1. The van der Waals surface area contributed by atoms with Crippen LogP contribution in [0, 0.1) is 0 Å². The molecule has 1 N–H and O–H groups in total. The van der Waals surface area contributed by atoms with E-state index in [1.165, 1.54) is 23.9 Å². The fraction of sp³-hybridized carbons (Fsp3) is 0.125. The number of alkyl halides is 3. The van der Waals surface area contributed by atoms with Gasteiger partial charge in [-0.3, -0.25) is 0 Å². The molecule has 33 heavy (non-hydrogen) atoms. The first-order valence-corrected chi connectivity index (χ1v) is 11.4. The van der Waals surface area contributed by atoms with Crippen LogP contribution in [0.1, 0.15) is 11.1 Å². The minimum Gasteiger partial charge on any atom is -0.481 e. The highest BCUT2D eigenvalue weighted by molar-refractivity contribution is 9.10. The second-order valence-corrected chi connectivity index (χ2v) is 8.56. The smallest absolute Gasteiger partial charge is 0.481 e. The summed E-state index contributed by atoms with van der Waals surface area (Å²) in [6, 6.07) is 20.4. The Morgan fingerprint density at radius 1 is 1.00 bits per heavy atom. The predicted octanol–water partition coefficient (Wildman–Crippen LogP) is 7.04. The summed E-state index contributed by atoms with van der Waals surface area (Å²) >= 11 is 4.82. The minimum atomic E-state index is -4.80. The van der Waals surface area contributed by atoms with Gasteiger partial charge >= 0.3 is 12.3 Å². The van der Waals surface area contributed by atoms with Crippen LogP contribution >= 0.6 is 27.7 Å². The molecule has 0 heterocycles. The zero-order valence-corrected chi connectivity index (χ0v) is 19.4. The molecule has 0 unspecified atom stereocenters. The van der Waals surface area contributed by atoms with E-state index in [-0.39, 0.29) is 5.75 Å². The molecular formula is C24H18BrF3O4S. The lowest BCUT2D eigenvalue weighted by Gasteiger charge is -2.16. The average Bonchev–Trinajstić information content (AvgIpc) is 2.76. The zero-order chi connectivity index (χ0) is 23.8. The molecule has 4 nitrogen and oxygen atoms in total. The van der Waals surface area contributed by atoms with Crippen LogP contribution in [-0.2, 0) is 4.79 Å². The van der Waals surface area contributed by atoms with Crippen LogP contribution in [0.25, 0.3) is 5.57 Å². The first-order valence-electron chi connectivity index (χ1n) is 9.60. The van der Waals surface area contributed by atoms with Crippen LogP contribution in [0.3, 0.4) is 0 Å². The second-order valence-electron chi connectivity index (χ2n) is 6.61. The van der Waals surface area contributed by atoms with Crippen molar-refractivity contribution in [2.45, 2.75) is 11.3 Å². The molecule has 0 aliphatic rings. The van der Waals surface area contributed by atoms with Crippen LogP contribution in [0.5, 0.6) is 11.5 Å². The van der Waals surface area contributed by atoms with Crippen molar-refractivity contribution in [2.75, 3.05) is 12.4 Å². The summed E-state index contributed by atoms with van der Waals surface area (Å²) in [5, 5.41) is 8.74. The van der Waals surface area contributed by atoms with Crippen LogP contribution in [-0.4, -0.2) is 29.8 Å². The van der Waals surface area contributed by atoms with E-state index in [4.69, 9.17) is 9.84 Å². The lowest BCUT2D eigenvalue weighted by molar-refractivity contribution is -0.274. The number of thioether (sulfide) groups is 1. The number of carboxylic acid groups (broad SMARTS) is 1.